The Balaban J connectivity index is 1.66. The van der Waals surface area contributed by atoms with Crippen LogP contribution in [0.25, 0.3) is 0 Å². The first kappa shape index (κ1) is 15.8. The van der Waals surface area contributed by atoms with Crippen molar-refractivity contribution >= 4 is 17.3 Å². The minimum Gasteiger partial charge on any atom is -0.399 e. The minimum atomic E-state index is -0.000669. The summed E-state index contributed by atoms with van der Waals surface area (Å²) in [5, 5.41) is 2.89. The van der Waals surface area contributed by atoms with Crippen molar-refractivity contribution in [3.05, 3.63) is 23.8 Å². The summed E-state index contributed by atoms with van der Waals surface area (Å²) in [6, 6.07) is 5.51. The molecule has 0 atom stereocenters. The summed E-state index contributed by atoms with van der Waals surface area (Å²) in [5.41, 5.74) is 8.17. The number of carbonyl (C=O) groups is 1. The van der Waals surface area contributed by atoms with Crippen molar-refractivity contribution in [1.29, 1.82) is 0 Å². The number of benzene rings is 1. The average molecular weight is 292 g/mol. The molecule has 21 heavy (non-hydrogen) atoms. The molecule has 0 spiro atoms. The zero-order valence-corrected chi connectivity index (χ0v) is 12.6. The maximum Gasteiger partial charge on any atom is 0.224 e. The molecule has 0 aliphatic carbocycles. The number of carbonyl (C=O) groups excluding carboxylic acids is 1. The largest absolute Gasteiger partial charge is 0.399 e. The molecule has 1 aromatic rings. The Kier molecular flexibility index (Phi) is 6.02. The lowest BCUT2D eigenvalue weighted by atomic mass is 10.1. The summed E-state index contributed by atoms with van der Waals surface area (Å²) in [6.45, 7) is 4.12. The molecule has 1 fully saturated rings. The predicted molar refractivity (Wildman–Crippen MR) is 83.2 cm³/mol. The van der Waals surface area contributed by atoms with Gasteiger partial charge < -0.3 is 20.5 Å². The summed E-state index contributed by atoms with van der Waals surface area (Å²) in [4.78, 5) is 11.9. The fraction of sp³-hybridized carbons (Fsp3) is 0.562. The zero-order valence-electron chi connectivity index (χ0n) is 12.6. The lowest BCUT2D eigenvalue weighted by molar-refractivity contribution is -0.116. The summed E-state index contributed by atoms with van der Waals surface area (Å²) in [5.74, 6) is -0.000669. The first-order valence-corrected chi connectivity index (χ1v) is 7.50. The third kappa shape index (κ3) is 5.36. The van der Waals surface area contributed by atoms with Crippen LogP contribution in [0.4, 0.5) is 11.4 Å². The van der Waals surface area contributed by atoms with Crippen LogP contribution in [0.15, 0.2) is 18.2 Å². The number of hydrogen-bond donors (Lipinski definition) is 2. The maximum atomic E-state index is 11.9. The Labute approximate surface area is 125 Å². The molecule has 1 heterocycles. The van der Waals surface area contributed by atoms with Gasteiger partial charge in [0.25, 0.3) is 0 Å². The molecule has 1 aliphatic heterocycles. The Bertz CT molecular complexity index is 471. The van der Waals surface area contributed by atoms with Crippen molar-refractivity contribution in [3.8, 4) is 0 Å². The molecule has 5 nitrogen and oxygen atoms in total. The Hall–Kier alpha value is -1.59. The van der Waals surface area contributed by atoms with Gasteiger partial charge in [0.1, 0.15) is 0 Å². The number of nitrogen functional groups attached to an aromatic ring is 1. The Morgan fingerprint density at radius 1 is 1.43 bits per heavy atom. The molecule has 0 radical (unpaired) electrons. The number of hydrogen-bond acceptors (Lipinski definition) is 4. The third-order valence-corrected chi connectivity index (χ3v) is 3.61. The highest BCUT2D eigenvalue weighted by atomic mass is 16.5. The van der Waals surface area contributed by atoms with Gasteiger partial charge in [0.05, 0.1) is 6.10 Å². The van der Waals surface area contributed by atoms with Crippen molar-refractivity contribution in [3.63, 3.8) is 0 Å². The van der Waals surface area contributed by atoms with E-state index in [1.54, 1.807) is 6.07 Å². The van der Waals surface area contributed by atoms with Gasteiger partial charge in [0.2, 0.25) is 5.91 Å². The first-order chi connectivity index (χ1) is 10.1. The molecule has 1 aliphatic rings. The fourth-order valence-electron chi connectivity index (χ4n) is 2.31. The fourth-order valence-corrected chi connectivity index (χ4v) is 2.31. The minimum absolute atomic E-state index is 0.000669. The molecule has 0 bridgehead atoms. The monoisotopic (exact) mass is 292 g/mol. The topological polar surface area (TPSA) is 73.6 Å². The van der Waals surface area contributed by atoms with E-state index >= 15 is 0 Å². The van der Waals surface area contributed by atoms with Crippen molar-refractivity contribution in [2.75, 3.05) is 30.9 Å². The molecular weight excluding hydrogens is 268 g/mol. The summed E-state index contributed by atoms with van der Waals surface area (Å²) in [7, 11) is 0. The molecule has 5 heteroatoms. The van der Waals surface area contributed by atoms with Crippen molar-refractivity contribution < 1.29 is 14.3 Å². The second kappa shape index (κ2) is 8.00. The molecule has 116 valence electrons. The lowest BCUT2D eigenvalue weighted by Gasteiger charge is -2.22. The Morgan fingerprint density at radius 2 is 2.19 bits per heavy atom. The van der Waals surface area contributed by atoms with Gasteiger partial charge in [0.15, 0.2) is 0 Å². The molecule has 1 amide bonds. The summed E-state index contributed by atoms with van der Waals surface area (Å²) in [6.07, 6.45) is 3.38. The van der Waals surface area contributed by atoms with E-state index in [-0.39, 0.29) is 12.0 Å². The van der Waals surface area contributed by atoms with Crippen LogP contribution in [0, 0.1) is 6.92 Å². The molecular formula is C16H24N2O3. The van der Waals surface area contributed by atoms with Crippen LogP contribution in [0.1, 0.15) is 31.2 Å². The van der Waals surface area contributed by atoms with Crippen molar-refractivity contribution in [2.24, 2.45) is 0 Å². The highest BCUT2D eigenvalue weighted by Gasteiger charge is 2.14. The molecule has 0 saturated carbocycles. The van der Waals surface area contributed by atoms with E-state index in [1.165, 1.54) is 0 Å². The van der Waals surface area contributed by atoms with E-state index in [0.29, 0.717) is 18.7 Å². The maximum absolute atomic E-state index is 11.9. The van der Waals surface area contributed by atoms with E-state index in [0.717, 1.165) is 43.7 Å². The molecule has 2 rings (SSSR count). The van der Waals surface area contributed by atoms with E-state index in [1.807, 2.05) is 19.1 Å². The van der Waals surface area contributed by atoms with Gasteiger partial charge in [-0.1, -0.05) is 6.07 Å². The second-order valence-corrected chi connectivity index (χ2v) is 5.41. The normalized spacial score (nSPS) is 15.9. The van der Waals surface area contributed by atoms with Crippen LogP contribution in [0.2, 0.25) is 0 Å². The van der Waals surface area contributed by atoms with E-state index < -0.39 is 0 Å². The summed E-state index contributed by atoms with van der Waals surface area (Å²) >= 11 is 0. The summed E-state index contributed by atoms with van der Waals surface area (Å²) < 4.78 is 11.0. The van der Waals surface area contributed by atoms with E-state index in [2.05, 4.69) is 5.32 Å². The van der Waals surface area contributed by atoms with E-state index in [9.17, 15) is 4.79 Å². The number of amides is 1. The predicted octanol–water partition coefficient (Wildman–Crippen LogP) is 2.49. The first-order valence-electron chi connectivity index (χ1n) is 7.50. The number of ether oxygens (including phenoxy) is 2. The number of rotatable bonds is 6. The molecule has 3 N–H and O–H groups in total. The molecule has 1 saturated heterocycles. The van der Waals surface area contributed by atoms with Crippen molar-refractivity contribution in [1.82, 2.24) is 0 Å². The van der Waals surface area contributed by atoms with Crippen LogP contribution in [-0.2, 0) is 14.3 Å². The van der Waals surface area contributed by atoms with Crippen molar-refractivity contribution in [2.45, 2.75) is 38.7 Å². The second-order valence-electron chi connectivity index (χ2n) is 5.41. The van der Waals surface area contributed by atoms with Gasteiger partial charge in [-0.2, -0.15) is 0 Å². The quantitative estimate of drug-likeness (QED) is 0.624. The van der Waals surface area contributed by atoms with Crippen LogP contribution in [0.5, 0.6) is 0 Å². The highest BCUT2D eigenvalue weighted by molar-refractivity contribution is 5.91. The Morgan fingerprint density at radius 3 is 2.95 bits per heavy atom. The molecule has 0 unspecified atom stereocenters. The van der Waals surface area contributed by atoms with Crippen LogP contribution in [-0.4, -0.2) is 31.8 Å². The number of aryl methyl sites for hydroxylation is 1. The molecule has 1 aromatic carbocycles. The standard InChI is InChI=1S/C16H24N2O3/c1-12-4-5-13(17)11-15(12)18-16(19)3-2-8-21-14-6-9-20-10-7-14/h4-5,11,14H,2-3,6-10,17H2,1H3,(H,18,19). The lowest BCUT2D eigenvalue weighted by Crippen LogP contribution is -2.24. The van der Waals surface area contributed by atoms with Crippen LogP contribution < -0.4 is 11.1 Å². The average Bonchev–Trinajstić information content (AvgIpc) is 2.48. The molecule has 0 aromatic heterocycles. The van der Waals surface area contributed by atoms with Gasteiger partial charge in [-0.25, -0.2) is 0 Å². The van der Waals surface area contributed by atoms with Crippen LogP contribution >= 0.6 is 0 Å². The van der Waals surface area contributed by atoms with Gasteiger partial charge in [-0.05, 0) is 43.9 Å². The third-order valence-electron chi connectivity index (χ3n) is 3.61. The SMILES string of the molecule is Cc1ccc(N)cc1NC(=O)CCCOC1CCOCC1. The number of nitrogens with two attached hydrogens (primary N) is 1. The van der Waals surface area contributed by atoms with Crippen LogP contribution in [0.3, 0.4) is 0 Å². The van der Waals surface area contributed by atoms with E-state index in [4.69, 9.17) is 15.2 Å². The van der Waals surface area contributed by atoms with Gasteiger partial charge >= 0.3 is 0 Å². The van der Waals surface area contributed by atoms with Gasteiger partial charge in [0, 0.05) is 37.6 Å². The number of nitrogens with one attached hydrogen (secondary N) is 1. The smallest absolute Gasteiger partial charge is 0.224 e. The van der Waals surface area contributed by atoms with Gasteiger partial charge in [-0.3, -0.25) is 4.79 Å². The van der Waals surface area contributed by atoms with Gasteiger partial charge in [-0.15, -0.1) is 0 Å². The zero-order chi connectivity index (χ0) is 15.1. The number of anilines is 2. The highest BCUT2D eigenvalue weighted by Crippen LogP contribution is 2.18.